The van der Waals surface area contributed by atoms with Gasteiger partial charge in [0.05, 0.1) is 23.8 Å². The molecule has 0 aliphatic carbocycles. The fourth-order valence-electron chi connectivity index (χ4n) is 2.06. The molecule has 0 N–H and O–H groups in total. The van der Waals surface area contributed by atoms with Crippen molar-refractivity contribution in [3.63, 3.8) is 0 Å². The minimum atomic E-state index is -0.412. The monoisotopic (exact) mass is 275 g/mol. The van der Waals surface area contributed by atoms with Gasteiger partial charge in [-0.1, -0.05) is 13.8 Å². The van der Waals surface area contributed by atoms with Crippen LogP contribution in [0.5, 0.6) is 5.75 Å². The van der Waals surface area contributed by atoms with E-state index in [9.17, 15) is 10.1 Å². The van der Waals surface area contributed by atoms with Gasteiger partial charge in [-0.15, -0.1) is 0 Å². The summed E-state index contributed by atoms with van der Waals surface area (Å²) in [4.78, 5) is 10.8. The van der Waals surface area contributed by atoms with Crippen molar-refractivity contribution >= 4 is 5.69 Å². The third kappa shape index (κ3) is 2.49. The Morgan fingerprint density at radius 2 is 2.05 bits per heavy atom. The molecule has 2 rings (SSSR count). The summed E-state index contributed by atoms with van der Waals surface area (Å²) in [5, 5.41) is 15.7. The first-order chi connectivity index (χ1) is 9.60. The van der Waals surface area contributed by atoms with Crippen molar-refractivity contribution in [2.75, 3.05) is 7.11 Å². The summed E-state index contributed by atoms with van der Waals surface area (Å²) in [7, 11) is 1.49. The van der Waals surface area contributed by atoms with Crippen LogP contribution in [0.2, 0.25) is 0 Å². The standard InChI is InChI=1S/C14H17N3O3/c1-4-10-8-11(5-2)16(15-10)13-7-6-12(20-3)9-14(13)17(18)19/h6-9H,4-5H2,1-3H3. The van der Waals surface area contributed by atoms with Crippen molar-refractivity contribution in [1.29, 1.82) is 0 Å². The van der Waals surface area contributed by atoms with Crippen LogP contribution in [0.15, 0.2) is 24.3 Å². The average Bonchev–Trinajstić information content (AvgIpc) is 2.89. The maximum Gasteiger partial charge on any atom is 0.298 e. The number of rotatable bonds is 5. The number of hydrogen-bond acceptors (Lipinski definition) is 4. The lowest BCUT2D eigenvalue weighted by Gasteiger charge is -2.08. The highest BCUT2D eigenvalue weighted by Gasteiger charge is 2.19. The van der Waals surface area contributed by atoms with Gasteiger partial charge in [0.15, 0.2) is 0 Å². The average molecular weight is 275 g/mol. The number of aryl methyl sites for hydroxylation is 2. The van der Waals surface area contributed by atoms with E-state index >= 15 is 0 Å². The molecule has 0 unspecified atom stereocenters. The molecular formula is C14H17N3O3. The highest BCUT2D eigenvalue weighted by atomic mass is 16.6. The van der Waals surface area contributed by atoms with Gasteiger partial charge in [0.2, 0.25) is 0 Å². The molecule has 106 valence electrons. The summed E-state index contributed by atoms with van der Waals surface area (Å²) >= 11 is 0. The van der Waals surface area contributed by atoms with E-state index in [0.717, 1.165) is 24.2 Å². The first-order valence-corrected chi connectivity index (χ1v) is 6.51. The van der Waals surface area contributed by atoms with Crippen LogP contribution in [0.4, 0.5) is 5.69 Å². The Morgan fingerprint density at radius 1 is 1.30 bits per heavy atom. The van der Waals surface area contributed by atoms with Crippen molar-refractivity contribution in [1.82, 2.24) is 9.78 Å². The zero-order valence-electron chi connectivity index (χ0n) is 11.8. The van der Waals surface area contributed by atoms with E-state index in [0.29, 0.717) is 11.4 Å². The molecule has 0 saturated carbocycles. The van der Waals surface area contributed by atoms with Gasteiger partial charge in [0.25, 0.3) is 5.69 Å². The molecule has 0 aliphatic heterocycles. The fraction of sp³-hybridized carbons (Fsp3) is 0.357. The molecule has 0 amide bonds. The molecule has 6 nitrogen and oxygen atoms in total. The molecule has 0 atom stereocenters. The minimum Gasteiger partial charge on any atom is -0.496 e. The summed E-state index contributed by atoms with van der Waals surface area (Å²) in [5.41, 5.74) is 2.33. The van der Waals surface area contributed by atoms with Crippen molar-refractivity contribution in [2.45, 2.75) is 26.7 Å². The number of nitro groups is 1. The van der Waals surface area contributed by atoms with E-state index in [4.69, 9.17) is 4.74 Å². The highest BCUT2D eigenvalue weighted by molar-refractivity contribution is 5.56. The lowest BCUT2D eigenvalue weighted by atomic mass is 10.2. The molecule has 1 heterocycles. The third-order valence-electron chi connectivity index (χ3n) is 3.17. The van der Waals surface area contributed by atoms with Gasteiger partial charge >= 0.3 is 0 Å². The Hall–Kier alpha value is -2.37. The molecule has 1 aromatic carbocycles. The second kappa shape index (κ2) is 5.73. The second-order valence-corrected chi connectivity index (χ2v) is 4.36. The van der Waals surface area contributed by atoms with E-state index in [1.54, 1.807) is 16.8 Å². The zero-order chi connectivity index (χ0) is 14.7. The van der Waals surface area contributed by atoms with Crippen LogP contribution < -0.4 is 4.74 Å². The zero-order valence-corrected chi connectivity index (χ0v) is 11.8. The topological polar surface area (TPSA) is 70.2 Å². The molecule has 1 aromatic heterocycles. The van der Waals surface area contributed by atoms with Gasteiger partial charge in [0.1, 0.15) is 11.4 Å². The summed E-state index contributed by atoms with van der Waals surface area (Å²) in [6.07, 6.45) is 1.56. The number of ether oxygens (including phenoxy) is 1. The van der Waals surface area contributed by atoms with E-state index in [2.05, 4.69) is 5.10 Å². The molecule has 0 saturated heterocycles. The van der Waals surface area contributed by atoms with Crippen molar-refractivity contribution in [3.8, 4) is 11.4 Å². The van der Waals surface area contributed by atoms with Gasteiger partial charge in [-0.2, -0.15) is 5.10 Å². The second-order valence-electron chi connectivity index (χ2n) is 4.36. The maximum absolute atomic E-state index is 11.2. The van der Waals surface area contributed by atoms with Crippen LogP contribution >= 0.6 is 0 Å². The summed E-state index contributed by atoms with van der Waals surface area (Å²) in [5.74, 6) is 0.460. The normalized spacial score (nSPS) is 10.6. The summed E-state index contributed by atoms with van der Waals surface area (Å²) in [6, 6.07) is 6.77. The predicted molar refractivity (Wildman–Crippen MR) is 75.5 cm³/mol. The lowest BCUT2D eigenvalue weighted by molar-refractivity contribution is -0.384. The number of benzene rings is 1. The first kappa shape index (κ1) is 14.0. The maximum atomic E-state index is 11.2. The Kier molecular flexibility index (Phi) is 4.02. The quantitative estimate of drug-likeness (QED) is 0.621. The van der Waals surface area contributed by atoms with E-state index < -0.39 is 4.92 Å². The highest BCUT2D eigenvalue weighted by Crippen LogP contribution is 2.28. The predicted octanol–water partition coefficient (Wildman–Crippen LogP) is 2.91. The van der Waals surface area contributed by atoms with Crippen molar-refractivity contribution in [2.24, 2.45) is 0 Å². The summed E-state index contributed by atoms with van der Waals surface area (Å²) in [6.45, 7) is 4.01. The number of nitro benzene ring substituents is 1. The van der Waals surface area contributed by atoms with Crippen LogP contribution in [0.1, 0.15) is 25.2 Å². The first-order valence-electron chi connectivity index (χ1n) is 6.51. The third-order valence-corrected chi connectivity index (χ3v) is 3.17. The summed E-state index contributed by atoms with van der Waals surface area (Å²) < 4.78 is 6.69. The largest absolute Gasteiger partial charge is 0.496 e. The molecule has 2 aromatic rings. The van der Waals surface area contributed by atoms with Gasteiger partial charge in [-0.3, -0.25) is 10.1 Å². The van der Waals surface area contributed by atoms with Gasteiger partial charge < -0.3 is 4.74 Å². The number of nitrogens with zero attached hydrogens (tertiary/aromatic N) is 3. The Labute approximate surface area is 117 Å². The molecule has 0 aliphatic rings. The number of aromatic nitrogens is 2. The Morgan fingerprint density at radius 3 is 2.60 bits per heavy atom. The molecule has 0 fully saturated rings. The van der Waals surface area contributed by atoms with Crippen molar-refractivity contribution < 1.29 is 9.66 Å². The number of hydrogen-bond donors (Lipinski definition) is 0. The molecule has 20 heavy (non-hydrogen) atoms. The molecule has 0 spiro atoms. The van der Waals surface area contributed by atoms with E-state index in [1.807, 2.05) is 19.9 Å². The van der Waals surface area contributed by atoms with Crippen LogP contribution in [0, 0.1) is 10.1 Å². The Bertz CT molecular complexity index is 635. The fourth-order valence-corrected chi connectivity index (χ4v) is 2.06. The molecule has 0 radical (unpaired) electrons. The van der Waals surface area contributed by atoms with Gasteiger partial charge in [0, 0.05) is 5.69 Å². The van der Waals surface area contributed by atoms with E-state index in [-0.39, 0.29) is 5.69 Å². The van der Waals surface area contributed by atoms with E-state index in [1.165, 1.54) is 13.2 Å². The van der Waals surface area contributed by atoms with Crippen LogP contribution in [-0.2, 0) is 12.8 Å². The smallest absolute Gasteiger partial charge is 0.298 e. The van der Waals surface area contributed by atoms with Gasteiger partial charge in [-0.25, -0.2) is 4.68 Å². The molecular weight excluding hydrogens is 258 g/mol. The Balaban J connectivity index is 2.62. The van der Waals surface area contributed by atoms with Crippen LogP contribution in [0.3, 0.4) is 0 Å². The van der Waals surface area contributed by atoms with Crippen LogP contribution in [-0.4, -0.2) is 21.8 Å². The lowest BCUT2D eigenvalue weighted by Crippen LogP contribution is -2.05. The van der Waals surface area contributed by atoms with Crippen molar-refractivity contribution in [3.05, 3.63) is 45.8 Å². The number of methoxy groups -OCH3 is 1. The van der Waals surface area contributed by atoms with Crippen LogP contribution in [0.25, 0.3) is 5.69 Å². The molecule has 6 heteroatoms. The molecule has 0 bridgehead atoms. The minimum absolute atomic E-state index is 0.00944. The van der Waals surface area contributed by atoms with Gasteiger partial charge in [-0.05, 0) is 31.0 Å². The SMILES string of the molecule is CCc1cc(CC)n(-c2ccc(OC)cc2[N+](=O)[O-])n1.